The monoisotopic (exact) mass is 640 g/mol. The van der Waals surface area contributed by atoms with Gasteiger partial charge < -0.3 is 26.0 Å². The number of β-lactam (4-membered cyclic amide) rings is 1. The Morgan fingerprint density at radius 2 is 2.05 bits per heavy atom. The SMILES string of the molecule is C[C@@H](CC(=O)Cn1cnnn1)[C@H]1C(=O)N2C(C(=O)O)=C(S[C@@H]3CN[C@H](C(=O)N4C[C@@H](N)C[C@H]4CNS(N)(=O)=O)C3)[C@H](C)[C@H]12. The Bertz CT molecular complexity index is 1420. The van der Waals surface area contributed by atoms with Gasteiger partial charge in [-0.1, -0.05) is 13.8 Å². The van der Waals surface area contributed by atoms with Crippen LogP contribution in [0.2, 0.25) is 0 Å². The highest BCUT2D eigenvalue weighted by Crippen LogP contribution is 2.53. The second-order valence-electron chi connectivity index (χ2n) is 11.7. The molecule has 17 nitrogen and oxygen atoms in total. The van der Waals surface area contributed by atoms with Crippen molar-refractivity contribution in [2.75, 3.05) is 19.6 Å². The van der Waals surface area contributed by atoms with Gasteiger partial charge in [-0.2, -0.15) is 8.42 Å². The molecule has 43 heavy (non-hydrogen) atoms. The van der Waals surface area contributed by atoms with E-state index in [-0.39, 0.29) is 78.5 Å². The minimum Gasteiger partial charge on any atom is -0.477 e. The van der Waals surface area contributed by atoms with Crippen LogP contribution < -0.4 is 20.9 Å². The molecule has 5 rings (SSSR count). The Morgan fingerprint density at radius 1 is 1.30 bits per heavy atom. The topological polar surface area (TPSA) is 249 Å². The van der Waals surface area contributed by atoms with Crippen molar-refractivity contribution in [1.82, 2.24) is 40.0 Å². The van der Waals surface area contributed by atoms with Gasteiger partial charge in [-0.05, 0) is 29.2 Å². The molecule has 0 aliphatic carbocycles. The lowest BCUT2D eigenvalue weighted by atomic mass is 9.73. The number of thioether (sulfide) groups is 1. The summed E-state index contributed by atoms with van der Waals surface area (Å²) >= 11 is 1.36. The maximum Gasteiger partial charge on any atom is 0.353 e. The highest BCUT2D eigenvalue weighted by Gasteiger charge is 2.60. The van der Waals surface area contributed by atoms with Crippen LogP contribution in [0.15, 0.2) is 16.9 Å². The van der Waals surface area contributed by atoms with Gasteiger partial charge in [0.2, 0.25) is 11.8 Å². The number of rotatable bonds is 12. The molecule has 5 heterocycles. The summed E-state index contributed by atoms with van der Waals surface area (Å²) in [6.07, 6.45) is 2.31. The summed E-state index contributed by atoms with van der Waals surface area (Å²) in [7, 11) is -3.92. The number of carboxylic acids is 1. The third-order valence-electron chi connectivity index (χ3n) is 8.62. The molecule has 0 bridgehead atoms. The lowest BCUT2D eigenvalue weighted by Gasteiger charge is -2.47. The second kappa shape index (κ2) is 12.2. The molecular formula is C24H36N10O7S2. The maximum absolute atomic E-state index is 13.4. The zero-order valence-corrected chi connectivity index (χ0v) is 25.3. The number of likely N-dealkylation sites (tertiary alicyclic amines) is 1. The Morgan fingerprint density at radius 3 is 2.70 bits per heavy atom. The molecule has 3 saturated heterocycles. The Kier molecular flexibility index (Phi) is 8.92. The van der Waals surface area contributed by atoms with E-state index in [0.717, 1.165) is 0 Å². The maximum atomic E-state index is 13.4. The average Bonchev–Trinajstić information content (AvgIpc) is 3.70. The summed E-state index contributed by atoms with van der Waals surface area (Å²) < 4.78 is 26.3. The standard InChI is InChI=1S/C24H36N10O7S2/c1-11(3-15(35)9-32-10-28-30-31-32)18-19-12(2)21(20(24(38)39)34(19)23(18)37)42-16-5-17(27-7-16)22(36)33-8-13(25)4-14(33)6-29-43(26,40)41/h10-14,16-19,27,29H,3-9,25H2,1-2H3,(H,38,39)(H2,26,40,41)/t11-,12+,13-,14-,16-,17-,18+,19+/m0/s1. The first-order valence-corrected chi connectivity index (χ1v) is 16.4. The van der Waals surface area contributed by atoms with Crippen LogP contribution in [-0.4, -0.2) is 116 Å². The van der Waals surface area contributed by atoms with Gasteiger partial charge in [0.1, 0.15) is 18.6 Å². The van der Waals surface area contributed by atoms with Gasteiger partial charge in [-0.15, -0.1) is 16.9 Å². The third kappa shape index (κ3) is 6.46. The molecule has 1 aromatic heterocycles. The molecule has 2 amide bonds. The molecule has 3 fully saturated rings. The van der Waals surface area contributed by atoms with Gasteiger partial charge in [0, 0.05) is 54.2 Å². The number of carboxylic acid groups (broad SMARTS) is 1. The molecule has 236 valence electrons. The van der Waals surface area contributed by atoms with Crippen molar-refractivity contribution >= 4 is 45.5 Å². The number of aliphatic carboxylic acids is 1. The molecule has 0 unspecified atom stereocenters. The minimum atomic E-state index is -3.92. The molecule has 0 saturated carbocycles. The zero-order valence-electron chi connectivity index (χ0n) is 23.7. The summed E-state index contributed by atoms with van der Waals surface area (Å²) in [6, 6.07) is -1.65. The van der Waals surface area contributed by atoms with Crippen LogP contribution in [0.4, 0.5) is 0 Å². The van der Waals surface area contributed by atoms with E-state index in [4.69, 9.17) is 10.9 Å². The van der Waals surface area contributed by atoms with Crippen LogP contribution >= 0.6 is 11.8 Å². The van der Waals surface area contributed by atoms with Crippen molar-refractivity contribution in [3.05, 3.63) is 16.9 Å². The van der Waals surface area contributed by atoms with Gasteiger partial charge in [0.25, 0.3) is 10.2 Å². The van der Waals surface area contributed by atoms with E-state index >= 15 is 0 Å². The normalized spacial score (nSPS) is 31.3. The molecule has 8 atom stereocenters. The van der Waals surface area contributed by atoms with Crippen LogP contribution in [-0.2, 0) is 35.9 Å². The fourth-order valence-electron chi connectivity index (χ4n) is 6.74. The number of Topliss-reactive ketones (excluding diaryl/α,β-unsaturated/α-hetero) is 1. The third-order valence-corrected chi connectivity index (χ3v) is 10.7. The predicted molar refractivity (Wildman–Crippen MR) is 152 cm³/mol. The van der Waals surface area contributed by atoms with Crippen molar-refractivity contribution in [2.45, 2.75) is 69.1 Å². The molecule has 4 aliphatic heterocycles. The van der Waals surface area contributed by atoms with Crippen LogP contribution in [0.1, 0.15) is 33.1 Å². The lowest BCUT2D eigenvalue weighted by Crippen LogP contribution is -2.62. The number of carbonyl (C=O) groups excluding carboxylic acids is 3. The number of fused-ring (bicyclic) bond motifs is 1. The number of nitrogens with two attached hydrogens (primary N) is 2. The smallest absolute Gasteiger partial charge is 0.353 e. The number of nitrogens with one attached hydrogen (secondary N) is 2. The first-order chi connectivity index (χ1) is 20.2. The Balaban J connectivity index is 1.22. The molecule has 7 N–H and O–H groups in total. The largest absolute Gasteiger partial charge is 0.477 e. The van der Waals surface area contributed by atoms with Crippen LogP contribution in [0.3, 0.4) is 0 Å². The van der Waals surface area contributed by atoms with Gasteiger partial charge in [-0.25, -0.2) is 19.3 Å². The average molecular weight is 641 g/mol. The molecule has 0 aromatic carbocycles. The van der Waals surface area contributed by atoms with E-state index in [1.165, 1.54) is 27.7 Å². The fraction of sp³-hybridized carbons (Fsp3) is 0.708. The van der Waals surface area contributed by atoms with Crippen molar-refractivity contribution in [1.29, 1.82) is 0 Å². The summed E-state index contributed by atoms with van der Waals surface area (Å²) in [4.78, 5) is 55.1. The van der Waals surface area contributed by atoms with E-state index < -0.39 is 34.2 Å². The molecule has 1 aromatic rings. The van der Waals surface area contributed by atoms with Crippen molar-refractivity contribution in [2.24, 2.45) is 28.6 Å². The zero-order chi connectivity index (χ0) is 31.2. The van der Waals surface area contributed by atoms with E-state index in [1.807, 2.05) is 13.8 Å². The number of nitrogens with zero attached hydrogens (tertiary/aromatic N) is 6. The first-order valence-electron chi connectivity index (χ1n) is 14.0. The van der Waals surface area contributed by atoms with Crippen molar-refractivity contribution in [3.8, 4) is 0 Å². The highest BCUT2D eigenvalue weighted by molar-refractivity contribution is 8.03. The minimum absolute atomic E-state index is 0.0107. The van der Waals surface area contributed by atoms with Crippen LogP contribution in [0.5, 0.6) is 0 Å². The van der Waals surface area contributed by atoms with E-state index in [9.17, 15) is 32.7 Å². The fourth-order valence-corrected chi connectivity index (χ4v) is 8.64. The van der Waals surface area contributed by atoms with E-state index in [2.05, 4.69) is 25.6 Å². The Hall–Kier alpha value is -2.97. The van der Waals surface area contributed by atoms with Gasteiger partial charge in [0.15, 0.2) is 5.78 Å². The van der Waals surface area contributed by atoms with Gasteiger partial charge >= 0.3 is 5.97 Å². The Labute approximate surface area is 252 Å². The number of tetrazole rings is 1. The summed E-state index contributed by atoms with van der Waals surface area (Å²) in [5.74, 6) is -2.92. The number of aromatic nitrogens is 4. The van der Waals surface area contributed by atoms with Crippen molar-refractivity contribution < 1.29 is 32.7 Å². The number of hydrogen-bond acceptors (Lipinski definition) is 12. The number of ketones is 1. The van der Waals surface area contributed by atoms with Gasteiger partial charge in [-0.3, -0.25) is 14.4 Å². The summed E-state index contributed by atoms with van der Waals surface area (Å²) in [5.41, 5.74) is 6.03. The van der Waals surface area contributed by atoms with Crippen LogP contribution in [0.25, 0.3) is 0 Å². The van der Waals surface area contributed by atoms with E-state index in [0.29, 0.717) is 24.3 Å². The number of hydrogen-bond donors (Lipinski definition) is 5. The molecule has 19 heteroatoms. The quantitative estimate of drug-likeness (QED) is 0.145. The summed E-state index contributed by atoms with van der Waals surface area (Å²) in [5, 5.41) is 28.9. The highest BCUT2D eigenvalue weighted by atomic mass is 32.2. The second-order valence-corrected chi connectivity index (χ2v) is 14.4. The van der Waals surface area contributed by atoms with Gasteiger partial charge in [0.05, 0.1) is 18.0 Å². The van der Waals surface area contributed by atoms with Crippen LogP contribution in [0, 0.1) is 17.8 Å². The predicted octanol–water partition coefficient (Wildman–Crippen LogP) is -2.77. The summed E-state index contributed by atoms with van der Waals surface area (Å²) in [6.45, 7) is 4.39. The molecule has 0 radical (unpaired) electrons. The first kappa shape index (κ1) is 31.5. The number of carbonyl (C=O) groups is 4. The molecule has 0 spiro atoms. The number of amides is 2. The molecular weight excluding hydrogens is 604 g/mol. The van der Waals surface area contributed by atoms with E-state index in [1.54, 1.807) is 4.90 Å². The molecule has 4 aliphatic rings. The van der Waals surface area contributed by atoms with Crippen molar-refractivity contribution in [3.63, 3.8) is 0 Å². The lowest BCUT2D eigenvalue weighted by molar-refractivity contribution is -0.160.